The highest BCUT2D eigenvalue weighted by Crippen LogP contribution is 2.34. The number of sulfonamides is 1. The van der Waals surface area contributed by atoms with Crippen molar-refractivity contribution in [3.05, 3.63) is 46.7 Å². The molecule has 0 fully saturated rings. The van der Waals surface area contributed by atoms with E-state index in [0.29, 0.717) is 11.6 Å². The van der Waals surface area contributed by atoms with E-state index in [0.717, 1.165) is 36.1 Å². The second-order valence-electron chi connectivity index (χ2n) is 6.90. The predicted octanol–water partition coefficient (Wildman–Crippen LogP) is 3.90. The number of benzene rings is 1. The van der Waals surface area contributed by atoms with E-state index in [1.807, 2.05) is 23.6 Å². The van der Waals surface area contributed by atoms with E-state index < -0.39 is 10.0 Å². The highest BCUT2D eigenvalue weighted by atomic mass is 32.2. The van der Waals surface area contributed by atoms with Crippen molar-refractivity contribution in [1.29, 1.82) is 0 Å². The maximum atomic E-state index is 13.4. The van der Waals surface area contributed by atoms with Gasteiger partial charge in [0.25, 0.3) is 0 Å². The van der Waals surface area contributed by atoms with Crippen LogP contribution in [-0.2, 0) is 29.4 Å². The van der Waals surface area contributed by atoms with Gasteiger partial charge in [-0.3, -0.25) is 0 Å². The number of aryl methyl sites for hydroxylation is 2. The third-order valence-corrected chi connectivity index (χ3v) is 7.93. The first-order valence-corrected chi connectivity index (χ1v) is 11.9. The van der Waals surface area contributed by atoms with Crippen molar-refractivity contribution < 1.29 is 17.7 Å². The molecule has 0 unspecified atom stereocenters. The van der Waals surface area contributed by atoms with Gasteiger partial charge in [0.2, 0.25) is 21.7 Å². The number of methoxy groups -OCH3 is 1. The van der Waals surface area contributed by atoms with Crippen LogP contribution in [-0.4, -0.2) is 36.5 Å². The highest BCUT2D eigenvalue weighted by Gasteiger charge is 2.30. The normalized spacial score (nSPS) is 14.2. The zero-order valence-electron chi connectivity index (χ0n) is 16.4. The summed E-state index contributed by atoms with van der Waals surface area (Å²) in [6, 6.07) is 7.44. The van der Waals surface area contributed by atoms with Gasteiger partial charge in [0.05, 0.1) is 18.5 Å². The zero-order chi connectivity index (χ0) is 20.4. The number of hydrogen-bond donors (Lipinski definition) is 0. The highest BCUT2D eigenvalue weighted by molar-refractivity contribution is 7.89. The van der Waals surface area contributed by atoms with Crippen LogP contribution >= 0.6 is 11.3 Å². The van der Waals surface area contributed by atoms with Crippen LogP contribution in [0, 0.1) is 0 Å². The van der Waals surface area contributed by atoms with Gasteiger partial charge in [-0.15, -0.1) is 11.3 Å². The van der Waals surface area contributed by atoms with Gasteiger partial charge >= 0.3 is 0 Å². The van der Waals surface area contributed by atoms with Crippen molar-refractivity contribution in [3.8, 4) is 16.5 Å². The Morgan fingerprint density at radius 2 is 2.00 bits per heavy atom. The van der Waals surface area contributed by atoms with Gasteiger partial charge in [-0.25, -0.2) is 8.42 Å². The van der Waals surface area contributed by atoms with Crippen molar-refractivity contribution in [3.63, 3.8) is 0 Å². The van der Waals surface area contributed by atoms with E-state index in [2.05, 4.69) is 10.1 Å². The van der Waals surface area contributed by atoms with Crippen molar-refractivity contribution >= 4 is 21.4 Å². The topological polar surface area (TPSA) is 85.5 Å². The van der Waals surface area contributed by atoms with Crippen LogP contribution in [0.15, 0.2) is 39.1 Å². The average molecular weight is 434 g/mol. The van der Waals surface area contributed by atoms with Crippen LogP contribution in [0.5, 0.6) is 5.75 Å². The lowest BCUT2D eigenvalue weighted by Gasteiger charge is -2.23. The molecule has 0 amide bonds. The Morgan fingerprint density at radius 1 is 1.24 bits per heavy atom. The smallest absolute Gasteiger partial charge is 0.247 e. The number of nitrogens with zero attached hydrogens (tertiary/aromatic N) is 3. The van der Waals surface area contributed by atoms with E-state index in [4.69, 9.17) is 9.26 Å². The summed E-state index contributed by atoms with van der Waals surface area (Å²) in [7, 11) is -2.28. The van der Waals surface area contributed by atoms with Crippen LogP contribution in [0.2, 0.25) is 0 Å². The van der Waals surface area contributed by atoms with Gasteiger partial charge in [-0.05, 0) is 60.4 Å². The van der Waals surface area contributed by atoms with Crippen LogP contribution < -0.4 is 4.74 Å². The fourth-order valence-electron chi connectivity index (χ4n) is 3.58. The van der Waals surface area contributed by atoms with Gasteiger partial charge in [0.1, 0.15) is 10.6 Å². The molecule has 1 aliphatic rings. The van der Waals surface area contributed by atoms with Crippen LogP contribution in [0.1, 0.15) is 36.8 Å². The number of fused-ring (bicyclic) bond motifs is 1. The van der Waals surface area contributed by atoms with E-state index in [9.17, 15) is 8.42 Å². The van der Waals surface area contributed by atoms with Gasteiger partial charge in [0.15, 0.2) is 0 Å². The fourth-order valence-corrected chi connectivity index (χ4v) is 5.82. The van der Waals surface area contributed by atoms with Crippen molar-refractivity contribution in [2.75, 3.05) is 13.7 Å². The van der Waals surface area contributed by atoms with Gasteiger partial charge in [-0.1, -0.05) is 18.1 Å². The Kier molecular flexibility index (Phi) is 5.71. The predicted molar refractivity (Wildman–Crippen MR) is 111 cm³/mol. The van der Waals surface area contributed by atoms with Crippen molar-refractivity contribution in [2.45, 2.75) is 44.0 Å². The summed E-state index contributed by atoms with van der Waals surface area (Å²) in [6.07, 6.45) is 4.04. The SMILES string of the molecule is CCN(Cc1nc(-c2cccs2)no1)S(=O)(=O)c1cc2c(cc1OC)CCCC2. The van der Waals surface area contributed by atoms with E-state index in [1.165, 1.54) is 28.3 Å². The number of thiophene rings is 1. The Labute approximate surface area is 174 Å². The first kappa shape index (κ1) is 20.1. The van der Waals surface area contributed by atoms with E-state index >= 15 is 0 Å². The molecule has 3 aromatic rings. The van der Waals surface area contributed by atoms with Crippen LogP contribution in [0.3, 0.4) is 0 Å². The molecule has 9 heteroatoms. The molecule has 7 nitrogen and oxygen atoms in total. The Bertz CT molecular complexity index is 1090. The standard InChI is InChI=1S/C20H23N3O4S2/c1-3-23(13-19-21-20(22-27-19)17-9-6-10-28-17)29(24,25)18-12-15-8-5-4-7-14(15)11-16(18)26-2/h6,9-12H,3-5,7-8,13H2,1-2H3. The van der Waals surface area contributed by atoms with Crippen LogP contribution in [0.25, 0.3) is 10.7 Å². The molecule has 1 aromatic carbocycles. The number of aromatic nitrogens is 2. The molecule has 0 spiro atoms. The largest absolute Gasteiger partial charge is 0.495 e. The molecule has 0 aliphatic heterocycles. The molecule has 4 rings (SSSR count). The molecular weight excluding hydrogens is 410 g/mol. The van der Waals surface area contributed by atoms with Gasteiger partial charge in [-0.2, -0.15) is 9.29 Å². The summed E-state index contributed by atoms with van der Waals surface area (Å²) >= 11 is 1.50. The second-order valence-corrected chi connectivity index (χ2v) is 9.75. The van der Waals surface area contributed by atoms with Crippen LogP contribution in [0.4, 0.5) is 0 Å². The Morgan fingerprint density at radius 3 is 2.66 bits per heavy atom. The molecule has 0 N–H and O–H groups in total. The minimum absolute atomic E-state index is 0.0114. The molecule has 0 saturated carbocycles. The first-order chi connectivity index (χ1) is 14.0. The Balaban J connectivity index is 1.65. The van der Waals surface area contributed by atoms with Crippen molar-refractivity contribution in [1.82, 2.24) is 14.4 Å². The lowest BCUT2D eigenvalue weighted by atomic mass is 9.92. The summed E-state index contributed by atoms with van der Waals surface area (Å²) in [5, 5.41) is 5.90. The maximum Gasteiger partial charge on any atom is 0.247 e. The van der Waals surface area contributed by atoms with Gasteiger partial charge in [0, 0.05) is 6.54 Å². The molecule has 0 saturated heterocycles. The van der Waals surface area contributed by atoms with Gasteiger partial charge < -0.3 is 9.26 Å². The molecule has 154 valence electrons. The molecule has 0 bridgehead atoms. The summed E-state index contributed by atoms with van der Waals surface area (Å²) in [6.45, 7) is 2.08. The molecule has 29 heavy (non-hydrogen) atoms. The quantitative estimate of drug-likeness (QED) is 0.562. The van der Waals surface area contributed by atoms with E-state index in [-0.39, 0.29) is 23.9 Å². The van der Waals surface area contributed by atoms with Crippen molar-refractivity contribution in [2.24, 2.45) is 0 Å². The third kappa shape index (κ3) is 3.94. The lowest BCUT2D eigenvalue weighted by Crippen LogP contribution is -2.31. The Hall–Kier alpha value is -2.23. The zero-order valence-corrected chi connectivity index (χ0v) is 18.1. The second kappa shape index (κ2) is 8.25. The minimum Gasteiger partial charge on any atom is -0.495 e. The number of hydrogen-bond acceptors (Lipinski definition) is 7. The molecule has 2 heterocycles. The third-order valence-electron chi connectivity index (χ3n) is 5.12. The maximum absolute atomic E-state index is 13.4. The van der Waals surface area contributed by atoms with E-state index in [1.54, 1.807) is 13.0 Å². The minimum atomic E-state index is -3.79. The molecule has 0 radical (unpaired) electrons. The fraction of sp³-hybridized carbons (Fsp3) is 0.400. The monoisotopic (exact) mass is 433 g/mol. The molecule has 0 atom stereocenters. The lowest BCUT2D eigenvalue weighted by molar-refractivity contribution is 0.320. The molecule has 2 aromatic heterocycles. The summed E-state index contributed by atoms with van der Waals surface area (Å²) in [4.78, 5) is 5.43. The molecule has 1 aliphatic carbocycles. The number of rotatable bonds is 7. The average Bonchev–Trinajstić information content (AvgIpc) is 3.42. The number of ether oxygens (including phenoxy) is 1. The summed E-state index contributed by atoms with van der Waals surface area (Å²) < 4.78 is 38.9. The first-order valence-electron chi connectivity index (χ1n) is 9.59. The molecular formula is C20H23N3O4S2. The summed E-state index contributed by atoms with van der Waals surface area (Å²) in [5.41, 5.74) is 2.26. The summed E-state index contributed by atoms with van der Waals surface area (Å²) in [5.74, 6) is 1.11.